The molecule has 0 N–H and O–H groups in total. The van der Waals surface area contributed by atoms with Gasteiger partial charge in [0.15, 0.2) is 0 Å². The molecule has 0 aliphatic carbocycles. The largest absolute Gasteiger partial charge is 0.462 e. The Morgan fingerprint density at radius 2 is 1.91 bits per heavy atom. The van der Waals surface area contributed by atoms with E-state index in [2.05, 4.69) is 0 Å². The Labute approximate surface area is 132 Å². The monoisotopic (exact) mass is 305 g/mol. The Morgan fingerprint density at radius 3 is 2.55 bits per heavy atom. The molecule has 0 aromatic heterocycles. The topological polar surface area (TPSA) is 48.0 Å². The molecule has 0 radical (unpaired) electrons. The number of hydrogen-bond donors (Lipinski definition) is 0. The van der Waals surface area contributed by atoms with Gasteiger partial charge in [-0.05, 0) is 25.8 Å². The van der Waals surface area contributed by atoms with Crippen molar-refractivity contribution >= 4 is 13.2 Å². The summed E-state index contributed by atoms with van der Waals surface area (Å²) in [5.41, 5.74) is 0.994. The predicted molar refractivity (Wildman–Crippen MR) is 85.6 cm³/mol. The van der Waals surface area contributed by atoms with Crippen molar-refractivity contribution in [1.82, 2.24) is 4.90 Å². The number of carbonyl (C=O) groups is 1. The van der Waals surface area contributed by atoms with Crippen molar-refractivity contribution in [3.05, 3.63) is 35.9 Å². The summed E-state index contributed by atoms with van der Waals surface area (Å²) in [5, 5.41) is 0. The maximum absolute atomic E-state index is 12.1. The van der Waals surface area contributed by atoms with Crippen molar-refractivity contribution < 1.29 is 18.8 Å². The third-order valence-corrected chi connectivity index (χ3v) is 3.73. The van der Waals surface area contributed by atoms with Crippen LogP contribution in [-0.4, -0.2) is 44.4 Å². The number of ether oxygens (including phenoxy) is 1. The highest BCUT2D eigenvalue weighted by Crippen LogP contribution is 2.26. The second-order valence-electron chi connectivity index (χ2n) is 5.31. The van der Waals surface area contributed by atoms with E-state index >= 15 is 0 Å². The second kappa shape index (κ2) is 8.81. The fourth-order valence-electron chi connectivity index (χ4n) is 2.63. The average Bonchev–Trinajstić information content (AvgIpc) is 3.03. The Hall–Kier alpha value is -1.53. The Kier molecular flexibility index (Phi) is 6.74. The van der Waals surface area contributed by atoms with Gasteiger partial charge >= 0.3 is 13.2 Å². The second-order valence-corrected chi connectivity index (χ2v) is 5.31. The fraction of sp³-hybridized carbons (Fsp3) is 0.562. The van der Waals surface area contributed by atoms with Crippen LogP contribution < -0.4 is 0 Å². The van der Waals surface area contributed by atoms with Crippen LogP contribution in [0.1, 0.15) is 25.8 Å². The molecule has 0 unspecified atom stereocenters. The molecular formula is C16H24BNO4. The molecule has 1 saturated heterocycles. The van der Waals surface area contributed by atoms with E-state index in [0.29, 0.717) is 32.9 Å². The standard InChI is InChI=1S/C16H24BNO4/c1-3-21-17(22-4-2)15-10-11-18(12-15)16(19)20-13-14-8-6-5-7-9-14/h5-9,15H,3-4,10-13H2,1-2H3/t15-/m0/s1. The number of nitrogens with zero attached hydrogens (tertiary/aromatic N) is 1. The zero-order chi connectivity index (χ0) is 15.8. The lowest BCUT2D eigenvalue weighted by Gasteiger charge is -2.19. The van der Waals surface area contributed by atoms with E-state index in [9.17, 15) is 4.79 Å². The molecule has 1 aromatic carbocycles. The van der Waals surface area contributed by atoms with E-state index in [-0.39, 0.29) is 19.0 Å². The van der Waals surface area contributed by atoms with E-state index in [1.165, 1.54) is 0 Å². The van der Waals surface area contributed by atoms with Crippen LogP contribution >= 0.6 is 0 Å². The van der Waals surface area contributed by atoms with Gasteiger partial charge in [0.05, 0.1) is 0 Å². The van der Waals surface area contributed by atoms with Gasteiger partial charge in [0.2, 0.25) is 0 Å². The van der Waals surface area contributed by atoms with Gasteiger partial charge in [-0.25, -0.2) is 4.79 Å². The molecule has 1 aromatic rings. The quantitative estimate of drug-likeness (QED) is 0.727. The molecule has 2 rings (SSSR count). The van der Waals surface area contributed by atoms with Gasteiger partial charge in [-0.3, -0.25) is 0 Å². The Morgan fingerprint density at radius 1 is 1.23 bits per heavy atom. The number of amides is 1. The smallest absolute Gasteiger partial charge is 0.445 e. The normalized spacial score (nSPS) is 17.5. The molecule has 1 aliphatic heterocycles. The molecule has 1 heterocycles. The van der Waals surface area contributed by atoms with Crippen LogP contribution in [0.4, 0.5) is 4.79 Å². The first kappa shape index (κ1) is 16.8. The van der Waals surface area contributed by atoms with Crippen molar-refractivity contribution in [3.63, 3.8) is 0 Å². The molecular weight excluding hydrogens is 281 g/mol. The number of benzene rings is 1. The summed E-state index contributed by atoms with van der Waals surface area (Å²) in [6, 6.07) is 9.70. The van der Waals surface area contributed by atoms with Crippen LogP contribution in [0.15, 0.2) is 30.3 Å². The third kappa shape index (κ3) is 4.75. The molecule has 0 saturated carbocycles. The van der Waals surface area contributed by atoms with E-state index in [0.717, 1.165) is 12.0 Å². The lowest BCUT2D eigenvalue weighted by Crippen LogP contribution is -2.33. The molecule has 120 valence electrons. The molecule has 1 aliphatic rings. The zero-order valence-corrected chi connectivity index (χ0v) is 13.4. The molecule has 5 nitrogen and oxygen atoms in total. The first-order valence-corrected chi connectivity index (χ1v) is 7.93. The van der Waals surface area contributed by atoms with Gasteiger partial charge < -0.3 is 18.9 Å². The van der Waals surface area contributed by atoms with Crippen molar-refractivity contribution in [2.24, 2.45) is 0 Å². The minimum absolute atomic E-state index is 0.212. The summed E-state index contributed by atoms with van der Waals surface area (Å²) in [7, 11) is -0.234. The SMILES string of the molecule is CCOB(OCC)[C@H]1CCN(C(=O)OCc2ccccc2)C1. The lowest BCUT2D eigenvalue weighted by atomic mass is 9.71. The Balaban J connectivity index is 1.80. The molecule has 1 fully saturated rings. The van der Waals surface area contributed by atoms with Crippen molar-refractivity contribution in [2.45, 2.75) is 32.7 Å². The van der Waals surface area contributed by atoms with Gasteiger partial charge in [-0.2, -0.15) is 0 Å². The zero-order valence-electron chi connectivity index (χ0n) is 13.4. The molecule has 1 atom stereocenters. The van der Waals surface area contributed by atoms with Crippen molar-refractivity contribution in [2.75, 3.05) is 26.3 Å². The summed E-state index contributed by atoms with van der Waals surface area (Å²) in [6.07, 6.45) is 0.614. The van der Waals surface area contributed by atoms with Crippen LogP contribution in [0, 0.1) is 0 Å². The van der Waals surface area contributed by atoms with Gasteiger partial charge in [0.1, 0.15) is 6.61 Å². The number of carbonyl (C=O) groups excluding carboxylic acids is 1. The van der Waals surface area contributed by atoms with E-state index < -0.39 is 0 Å². The first-order chi connectivity index (χ1) is 10.7. The molecule has 22 heavy (non-hydrogen) atoms. The summed E-state index contributed by atoms with van der Waals surface area (Å²) in [6.45, 7) is 6.74. The summed E-state index contributed by atoms with van der Waals surface area (Å²) < 4.78 is 16.6. The summed E-state index contributed by atoms with van der Waals surface area (Å²) in [4.78, 5) is 13.9. The fourth-order valence-corrected chi connectivity index (χ4v) is 2.63. The van der Waals surface area contributed by atoms with Crippen LogP contribution in [0.3, 0.4) is 0 Å². The number of hydrogen-bond acceptors (Lipinski definition) is 4. The summed E-state index contributed by atoms with van der Waals surface area (Å²) in [5.74, 6) is 0.212. The average molecular weight is 305 g/mol. The maximum Gasteiger partial charge on any atom is 0.462 e. The van der Waals surface area contributed by atoms with Crippen molar-refractivity contribution in [1.29, 1.82) is 0 Å². The highest BCUT2D eigenvalue weighted by Gasteiger charge is 2.37. The van der Waals surface area contributed by atoms with Crippen molar-refractivity contribution in [3.8, 4) is 0 Å². The van der Waals surface area contributed by atoms with Crippen LogP contribution in [0.25, 0.3) is 0 Å². The maximum atomic E-state index is 12.1. The third-order valence-electron chi connectivity index (χ3n) is 3.73. The number of rotatable bonds is 7. The van der Waals surface area contributed by atoms with Crippen LogP contribution in [0.5, 0.6) is 0 Å². The Bertz CT molecular complexity index is 451. The molecule has 0 bridgehead atoms. The van der Waals surface area contributed by atoms with E-state index in [4.69, 9.17) is 14.0 Å². The summed E-state index contributed by atoms with van der Waals surface area (Å²) >= 11 is 0. The van der Waals surface area contributed by atoms with Gasteiger partial charge in [-0.15, -0.1) is 0 Å². The molecule has 6 heteroatoms. The lowest BCUT2D eigenvalue weighted by molar-refractivity contribution is 0.104. The molecule has 1 amide bonds. The first-order valence-electron chi connectivity index (χ1n) is 7.93. The predicted octanol–water partition coefficient (Wildman–Crippen LogP) is 2.96. The van der Waals surface area contributed by atoms with E-state index in [1.54, 1.807) is 4.90 Å². The highest BCUT2D eigenvalue weighted by molar-refractivity contribution is 6.46. The highest BCUT2D eigenvalue weighted by atomic mass is 16.6. The van der Waals surface area contributed by atoms with Crippen LogP contribution in [-0.2, 0) is 20.7 Å². The van der Waals surface area contributed by atoms with Gasteiger partial charge in [0, 0.05) is 32.1 Å². The minimum atomic E-state index is -0.266. The van der Waals surface area contributed by atoms with Gasteiger partial charge in [0.25, 0.3) is 0 Å². The minimum Gasteiger partial charge on any atom is -0.445 e. The van der Waals surface area contributed by atoms with Crippen LogP contribution in [0.2, 0.25) is 5.82 Å². The molecule has 0 spiro atoms. The number of likely N-dealkylation sites (tertiary alicyclic amines) is 1. The van der Waals surface area contributed by atoms with E-state index in [1.807, 2.05) is 44.2 Å². The van der Waals surface area contributed by atoms with Gasteiger partial charge in [-0.1, -0.05) is 30.3 Å².